The van der Waals surface area contributed by atoms with Crippen molar-refractivity contribution in [3.8, 4) is 0 Å². The van der Waals surface area contributed by atoms with Crippen LogP contribution in [-0.4, -0.2) is 33.0 Å². The molecule has 1 fully saturated rings. The number of fused-ring (bicyclic) bond motifs is 1. The second-order valence-electron chi connectivity index (χ2n) is 4.76. The Labute approximate surface area is 121 Å². The first-order valence-electron chi connectivity index (χ1n) is 6.27. The Bertz CT molecular complexity index is 680. The Morgan fingerprint density at radius 1 is 1.55 bits per heavy atom. The van der Waals surface area contributed by atoms with E-state index in [1.165, 1.54) is 23.5 Å². The molecule has 1 aromatic carbocycles. The van der Waals surface area contributed by atoms with Gasteiger partial charge in [0.15, 0.2) is 4.34 Å². The summed E-state index contributed by atoms with van der Waals surface area (Å²) in [6.07, 6.45) is 1.04. The maximum Gasteiger partial charge on any atom is 0.271 e. The molecule has 2 unspecified atom stereocenters. The summed E-state index contributed by atoms with van der Waals surface area (Å²) >= 11 is 1.35. The van der Waals surface area contributed by atoms with Crippen molar-refractivity contribution < 1.29 is 9.13 Å². The molecule has 2 heterocycles. The first-order valence-corrected chi connectivity index (χ1v) is 8.41. The number of non-ortho nitro benzene ring substituents is 1. The fourth-order valence-corrected chi connectivity index (χ4v) is 4.83. The molecule has 20 heavy (non-hydrogen) atoms. The number of benzene rings is 1. The van der Waals surface area contributed by atoms with Gasteiger partial charge in [-0.05, 0) is 31.5 Å². The molecule has 0 bridgehead atoms. The predicted octanol–water partition coefficient (Wildman–Crippen LogP) is 1.92. The minimum Gasteiger partial charge on any atom is -0.316 e. The minimum atomic E-state index is -1.13. The number of aromatic nitrogens is 1. The summed E-state index contributed by atoms with van der Waals surface area (Å²) < 4.78 is 13.7. The summed E-state index contributed by atoms with van der Waals surface area (Å²) in [5, 5.41) is 14.0. The molecular weight excluding hydrogens is 298 g/mol. The largest absolute Gasteiger partial charge is 0.316 e. The number of hydrogen-bond donors (Lipinski definition) is 1. The first-order chi connectivity index (χ1) is 9.63. The second-order valence-corrected chi connectivity index (χ2v) is 7.46. The van der Waals surface area contributed by atoms with E-state index in [9.17, 15) is 14.3 Å². The van der Waals surface area contributed by atoms with Crippen LogP contribution in [0.5, 0.6) is 0 Å². The zero-order valence-electron chi connectivity index (χ0n) is 10.6. The molecule has 0 amide bonds. The highest BCUT2D eigenvalue weighted by Gasteiger charge is 2.20. The van der Waals surface area contributed by atoms with Crippen molar-refractivity contribution in [3.05, 3.63) is 28.3 Å². The third kappa shape index (κ3) is 2.72. The molecule has 106 valence electrons. The zero-order valence-corrected chi connectivity index (χ0v) is 12.2. The van der Waals surface area contributed by atoms with Gasteiger partial charge in [0.25, 0.3) is 5.69 Å². The Morgan fingerprint density at radius 3 is 3.10 bits per heavy atom. The maximum atomic E-state index is 12.3. The summed E-state index contributed by atoms with van der Waals surface area (Å²) in [6, 6.07) is 4.56. The van der Waals surface area contributed by atoms with E-state index in [2.05, 4.69) is 10.3 Å². The molecule has 1 aliphatic heterocycles. The molecule has 3 rings (SSSR count). The molecule has 1 aliphatic rings. The smallest absolute Gasteiger partial charge is 0.271 e. The Balaban J connectivity index is 1.84. The molecule has 0 radical (unpaired) electrons. The van der Waals surface area contributed by atoms with Crippen LogP contribution >= 0.6 is 11.3 Å². The molecule has 1 saturated heterocycles. The fraction of sp³-hybridized carbons (Fsp3) is 0.417. The molecule has 8 heteroatoms. The van der Waals surface area contributed by atoms with Crippen molar-refractivity contribution in [1.82, 2.24) is 10.3 Å². The molecule has 2 aromatic rings. The third-order valence-corrected chi connectivity index (χ3v) is 6.20. The van der Waals surface area contributed by atoms with Crippen LogP contribution in [0.25, 0.3) is 10.2 Å². The number of nitro groups is 1. The van der Waals surface area contributed by atoms with Gasteiger partial charge in [0.1, 0.15) is 0 Å². The van der Waals surface area contributed by atoms with E-state index in [4.69, 9.17) is 0 Å². The highest BCUT2D eigenvalue weighted by atomic mass is 32.2. The summed E-state index contributed by atoms with van der Waals surface area (Å²) in [4.78, 5) is 14.6. The van der Waals surface area contributed by atoms with Crippen LogP contribution in [0, 0.1) is 16.0 Å². The van der Waals surface area contributed by atoms with E-state index in [-0.39, 0.29) is 5.69 Å². The summed E-state index contributed by atoms with van der Waals surface area (Å²) in [5.74, 6) is 1.03. The zero-order chi connectivity index (χ0) is 14.1. The highest BCUT2D eigenvalue weighted by Crippen LogP contribution is 2.28. The monoisotopic (exact) mass is 311 g/mol. The van der Waals surface area contributed by atoms with Gasteiger partial charge in [0.05, 0.1) is 25.9 Å². The van der Waals surface area contributed by atoms with E-state index in [1.54, 1.807) is 6.07 Å². The SMILES string of the molecule is O=[N+]([O-])c1ccc2sc(S(=O)CC3CCNC3)nc2c1. The van der Waals surface area contributed by atoms with Gasteiger partial charge in [-0.25, -0.2) is 4.98 Å². The molecule has 2 atom stereocenters. The lowest BCUT2D eigenvalue weighted by Crippen LogP contribution is -2.14. The lowest BCUT2D eigenvalue weighted by molar-refractivity contribution is -0.384. The van der Waals surface area contributed by atoms with Gasteiger partial charge in [0.2, 0.25) is 0 Å². The topological polar surface area (TPSA) is 85.1 Å². The van der Waals surface area contributed by atoms with Gasteiger partial charge in [-0.3, -0.25) is 14.3 Å². The lowest BCUT2D eigenvalue weighted by Gasteiger charge is -2.04. The fourth-order valence-electron chi connectivity index (χ4n) is 2.25. The van der Waals surface area contributed by atoms with E-state index < -0.39 is 15.7 Å². The number of nitro benzene ring substituents is 1. The quantitative estimate of drug-likeness (QED) is 0.689. The van der Waals surface area contributed by atoms with Crippen molar-refractivity contribution in [2.45, 2.75) is 10.8 Å². The lowest BCUT2D eigenvalue weighted by atomic mass is 10.2. The van der Waals surface area contributed by atoms with Gasteiger partial charge in [-0.1, -0.05) is 0 Å². The van der Waals surface area contributed by atoms with Crippen molar-refractivity contribution in [1.29, 1.82) is 0 Å². The summed E-state index contributed by atoms with van der Waals surface area (Å²) in [6.45, 7) is 1.88. The predicted molar refractivity (Wildman–Crippen MR) is 78.5 cm³/mol. The van der Waals surface area contributed by atoms with Gasteiger partial charge in [0, 0.05) is 17.9 Å². The van der Waals surface area contributed by atoms with Crippen LogP contribution in [0.2, 0.25) is 0 Å². The average molecular weight is 311 g/mol. The van der Waals surface area contributed by atoms with Crippen LogP contribution < -0.4 is 5.32 Å². The van der Waals surface area contributed by atoms with Gasteiger partial charge in [-0.2, -0.15) is 0 Å². The normalized spacial score (nSPS) is 20.3. The Morgan fingerprint density at radius 2 is 2.40 bits per heavy atom. The second kappa shape index (κ2) is 5.55. The number of rotatable bonds is 4. The Kier molecular flexibility index (Phi) is 3.77. The van der Waals surface area contributed by atoms with Gasteiger partial charge in [-0.15, -0.1) is 11.3 Å². The van der Waals surface area contributed by atoms with Crippen LogP contribution in [0.4, 0.5) is 5.69 Å². The molecule has 0 saturated carbocycles. The van der Waals surface area contributed by atoms with Crippen molar-refractivity contribution >= 4 is 38.0 Å². The summed E-state index contributed by atoms with van der Waals surface area (Å²) in [5.41, 5.74) is 0.567. The first kappa shape index (κ1) is 13.6. The van der Waals surface area contributed by atoms with Crippen LogP contribution in [-0.2, 0) is 10.8 Å². The van der Waals surface area contributed by atoms with Gasteiger partial charge >= 0.3 is 0 Å². The molecule has 1 aromatic heterocycles. The van der Waals surface area contributed by atoms with Crippen molar-refractivity contribution in [3.63, 3.8) is 0 Å². The number of thiazole rings is 1. The molecule has 6 nitrogen and oxygen atoms in total. The van der Waals surface area contributed by atoms with Gasteiger partial charge < -0.3 is 5.32 Å². The standard InChI is InChI=1S/C12H13N3O3S2/c16-15(17)9-1-2-11-10(5-9)14-12(19-11)20(18)7-8-3-4-13-6-8/h1-2,5,8,13H,3-4,6-7H2. The van der Waals surface area contributed by atoms with E-state index in [0.29, 0.717) is 21.5 Å². The number of hydrogen-bond acceptors (Lipinski definition) is 6. The molecule has 0 aliphatic carbocycles. The average Bonchev–Trinajstić information content (AvgIpc) is 3.05. The van der Waals surface area contributed by atoms with Crippen molar-refractivity contribution in [2.75, 3.05) is 18.8 Å². The molecule has 0 spiro atoms. The Hall–Kier alpha value is -1.38. The van der Waals surface area contributed by atoms with Crippen LogP contribution in [0.15, 0.2) is 22.5 Å². The number of nitrogens with one attached hydrogen (secondary N) is 1. The highest BCUT2D eigenvalue weighted by molar-refractivity contribution is 7.87. The number of nitrogens with zero attached hydrogens (tertiary/aromatic N) is 2. The molecular formula is C12H13N3O3S2. The van der Waals surface area contributed by atoms with Crippen LogP contribution in [0.1, 0.15) is 6.42 Å². The molecule has 1 N–H and O–H groups in total. The maximum absolute atomic E-state index is 12.3. The third-order valence-electron chi connectivity index (χ3n) is 3.31. The van der Waals surface area contributed by atoms with Crippen molar-refractivity contribution in [2.24, 2.45) is 5.92 Å². The minimum absolute atomic E-state index is 0.0140. The van der Waals surface area contributed by atoms with Crippen LogP contribution in [0.3, 0.4) is 0 Å². The van der Waals surface area contributed by atoms with E-state index >= 15 is 0 Å². The summed E-state index contributed by atoms with van der Waals surface area (Å²) in [7, 11) is -1.13. The van der Waals surface area contributed by atoms with E-state index in [0.717, 1.165) is 24.2 Å². The van der Waals surface area contributed by atoms with E-state index in [1.807, 2.05) is 0 Å².